The molecule has 2 aliphatic rings. The van der Waals surface area contributed by atoms with Gasteiger partial charge in [-0.3, -0.25) is 0 Å². The van der Waals surface area contributed by atoms with Crippen molar-refractivity contribution in [1.82, 2.24) is 0 Å². The van der Waals surface area contributed by atoms with Gasteiger partial charge in [0.05, 0.1) is 21.2 Å². The van der Waals surface area contributed by atoms with Gasteiger partial charge in [-0.25, -0.2) is 0 Å². The monoisotopic (exact) mass is 651 g/mol. The van der Waals surface area contributed by atoms with Crippen molar-refractivity contribution in [3.8, 4) is 0 Å². The van der Waals surface area contributed by atoms with Crippen LogP contribution in [0.4, 0.5) is 0 Å². The van der Waals surface area contributed by atoms with Crippen LogP contribution in [0, 0.1) is 0 Å². The lowest BCUT2D eigenvalue weighted by Crippen LogP contribution is -1.97. The normalized spacial score (nSPS) is 15.8. The highest BCUT2D eigenvalue weighted by Gasteiger charge is 2.27. The predicted octanol–water partition coefficient (Wildman–Crippen LogP) is 13.2. The van der Waals surface area contributed by atoms with Crippen LogP contribution in [0.15, 0.2) is 26.6 Å². The Kier molecular flexibility index (Phi) is 23.7. The highest BCUT2D eigenvalue weighted by Crippen LogP contribution is 2.63. The smallest absolute Gasteiger partial charge is 0.0717 e. The minimum Gasteiger partial charge on any atom is -0.330 e. The van der Waals surface area contributed by atoms with Crippen molar-refractivity contribution in [2.24, 2.45) is 5.73 Å². The van der Waals surface area contributed by atoms with Crippen molar-refractivity contribution in [3.63, 3.8) is 0 Å². The Morgan fingerprint density at radius 1 is 0.526 bits per heavy atom. The van der Waals surface area contributed by atoms with Gasteiger partial charge in [0, 0.05) is 0 Å². The average Bonchev–Trinajstić information content (AvgIpc) is 3.56. The van der Waals surface area contributed by atoms with Crippen LogP contribution < -0.4 is 5.73 Å². The van der Waals surface area contributed by atoms with Crippen molar-refractivity contribution < 1.29 is 0 Å². The van der Waals surface area contributed by atoms with E-state index >= 15 is 0 Å². The van der Waals surface area contributed by atoms with E-state index < -0.39 is 0 Å². The van der Waals surface area contributed by atoms with Gasteiger partial charge >= 0.3 is 0 Å². The minimum absolute atomic E-state index is 0.860. The van der Waals surface area contributed by atoms with E-state index in [9.17, 15) is 0 Å². The molecule has 0 saturated carbocycles. The molecule has 220 valence electrons. The van der Waals surface area contributed by atoms with Gasteiger partial charge in [-0.1, -0.05) is 151 Å². The Hall–Kier alpha value is 1.63. The Morgan fingerprint density at radius 3 is 1.47 bits per heavy atom. The van der Waals surface area contributed by atoms with Gasteiger partial charge in [0.15, 0.2) is 0 Å². The third-order valence-electron chi connectivity index (χ3n) is 6.46. The van der Waals surface area contributed by atoms with E-state index in [1.54, 1.807) is 12.7 Å². The zero-order valence-corrected chi connectivity index (χ0v) is 29.8. The van der Waals surface area contributed by atoms with Crippen LogP contribution in [-0.4, -0.2) is 23.8 Å². The van der Waals surface area contributed by atoms with Crippen LogP contribution in [0.2, 0.25) is 0 Å². The van der Waals surface area contributed by atoms with Crippen molar-refractivity contribution in [2.75, 3.05) is 23.8 Å². The highest BCUT2D eigenvalue weighted by molar-refractivity contribution is 8.43. The summed E-state index contributed by atoms with van der Waals surface area (Å²) < 4.78 is 7.77. The highest BCUT2D eigenvalue weighted by atomic mass is 32.3. The second-order valence-electron chi connectivity index (χ2n) is 10.0. The molecule has 2 aliphatic heterocycles. The first-order valence-electron chi connectivity index (χ1n) is 15.3. The summed E-state index contributed by atoms with van der Waals surface area (Å²) in [6.07, 6.45) is 24.6. The van der Waals surface area contributed by atoms with Crippen LogP contribution in [0.1, 0.15) is 129 Å². The topological polar surface area (TPSA) is 26.0 Å². The number of rotatable bonds is 25. The quantitative estimate of drug-likeness (QED) is 0.0974. The van der Waals surface area contributed by atoms with Gasteiger partial charge in [-0.05, 0) is 54.9 Å². The number of hydrogen-bond donors (Lipinski definition) is 1. The van der Waals surface area contributed by atoms with Gasteiger partial charge < -0.3 is 5.73 Å². The number of thioether (sulfide) groups is 7. The maximum absolute atomic E-state index is 5.57. The van der Waals surface area contributed by atoms with Crippen molar-refractivity contribution >= 4 is 82.3 Å². The van der Waals surface area contributed by atoms with Crippen molar-refractivity contribution in [2.45, 2.75) is 129 Å². The largest absolute Gasteiger partial charge is 0.330 e. The molecular weight excluding hydrogens is 599 g/mol. The molecule has 38 heavy (non-hydrogen) atoms. The van der Waals surface area contributed by atoms with Crippen LogP contribution in [-0.2, 0) is 0 Å². The third kappa shape index (κ3) is 16.9. The van der Waals surface area contributed by atoms with Gasteiger partial charge in [0.1, 0.15) is 0 Å². The van der Waals surface area contributed by atoms with E-state index in [0.29, 0.717) is 0 Å². The van der Waals surface area contributed by atoms with E-state index in [-0.39, 0.29) is 0 Å². The number of unbranched alkanes of at least 4 members (excludes halogenated alkanes) is 15. The SMILES string of the molecule is CCCCCCSC1=C(SCCCCCC)SC(=C2SC=C(SCCCCCCCCCCCCN)S2)S1. The molecule has 0 unspecified atom stereocenters. The molecule has 0 radical (unpaired) electrons. The molecule has 0 spiro atoms. The van der Waals surface area contributed by atoms with Crippen LogP contribution in [0.25, 0.3) is 0 Å². The molecule has 0 bridgehead atoms. The summed E-state index contributed by atoms with van der Waals surface area (Å²) in [6, 6.07) is 0. The summed E-state index contributed by atoms with van der Waals surface area (Å²) in [5, 5.41) is 2.41. The van der Waals surface area contributed by atoms with E-state index in [1.165, 1.54) is 141 Å². The lowest BCUT2D eigenvalue weighted by molar-refractivity contribution is 0.559. The molecule has 0 fully saturated rings. The second kappa shape index (κ2) is 25.2. The maximum atomic E-state index is 5.57. The molecular formula is C30H53NS7. The first-order chi connectivity index (χ1) is 18.8. The molecule has 2 rings (SSSR count). The van der Waals surface area contributed by atoms with E-state index in [0.717, 1.165) is 6.54 Å². The van der Waals surface area contributed by atoms with Crippen molar-refractivity contribution in [1.29, 1.82) is 0 Å². The third-order valence-corrected chi connectivity index (χ3v) is 16.5. The summed E-state index contributed by atoms with van der Waals surface area (Å²) in [5.41, 5.74) is 5.57. The Balaban J connectivity index is 1.64. The van der Waals surface area contributed by atoms with Crippen LogP contribution >= 0.6 is 82.3 Å². The first-order valence-corrected chi connectivity index (χ1v) is 21.5. The summed E-state index contributed by atoms with van der Waals surface area (Å²) in [7, 11) is 0. The predicted molar refractivity (Wildman–Crippen MR) is 193 cm³/mol. The molecule has 2 heterocycles. The molecule has 0 atom stereocenters. The molecule has 0 aromatic carbocycles. The van der Waals surface area contributed by atoms with Gasteiger partial charge in [0.2, 0.25) is 0 Å². The molecule has 0 saturated heterocycles. The lowest BCUT2D eigenvalue weighted by atomic mass is 10.1. The summed E-state index contributed by atoms with van der Waals surface area (Å²) in [4.78, 5) is 0. The molecule has 0 aromatic heterocycles. The van der Waals surface area contributed by atoms with Gasteiger partial charge in [-0.15, -0.1) is 35.3 Å². The molecule has 0 aliphatic carbocycles. The standard InChI is InChI=1S/C30H53NS7/c1-3-5-7-18-23-33-27-28(34-24-19-8-6-4-2)38-30(37-27)29-35-25-26(36-29)32-22-20-16-14-12-10-9-11-13-15-17-21-31/h25H,3-24,31H2,1-2H3. The second-order valence-corrected chi connectivity index (χ2v) is 18.6. The van der Waals surface area contributed by atoms with E-state index in [4.69, 9.17) is 5.73 Å². The Labute approximate surface area is 265 Å². The zero-order chi connectivity index (χ0) is 27.1. The molecule has 0 aromatic rings. The van der Waals surface area contributed by atoms with E-state index in [1.807, 2.05) is 23.5 Å². The fourth-order valence-corrected chi connectivity index (χ4v) is 14.2. The lowest BCUT2D eigenvalue weighted by Gasteiger charge is -2.05. The number of nitrogens with two attached hydrogens (primary N) is 1. The van der Waals surface area contributed by atoms with Gasteiger partial charge in [0.25, 0.3) is 0 Å². The van der Waals surface area contributed by atoms with Crippen molar-refractivity contribution in [3.05, 3.63) is 26.6 Å². The Morgan fingerprint density at radius 2 is 0.974 bits per heavy atom. The fraction of sp³-hybridized carbons (Fsp3) is 0.800. The molecule has 0 amide bonds. The zero-order valence-electron chi connectivity index (χ0n) is 24.1. The maximum Gasteiger partial charge on any atom is 0.0717 e. The summed E-state index contributed by atoms with van der Waals surface area (Å²) in [6.45, 7) is 5.47. The summed E-state index contributed by atoms with van der Waals surface area (Å²) >= 11 is 14.5. The van der Waals surface area contributed by atoms with Crippen LogP contribution in [0.3, 0.4) is 0 Å². The van der Waals surface area contributed by atoms with Gasteiger partial charge in [-0.2, -0.15) is 0 Å². The average molecular weight is 652 g/mol. The molecule has 8 heteroatoms. The fourth-order valence-electron chi connectivity index (χ4n) is 4.15. The first kappa shape index (κ1) is 35.8. The van der Waals surface area contributed by atoms with Crippen LogP contribution in [0.5, 0.6) is 0 Å². The molecule has 2 N–H and O–H groups in total. The number of hydrogen-bond acceptors (Lipinski definition) is 8. The minimum atomic E-state index is 0.860. The molecule has 1 nitrogen and oxygen atoms in total. The van der Waals surface area contributed by atoms with E-state index in [2.05, 4.69) is 78.1 Å². The summed E-state index contributed by atoms with van der Waals surface area (Å²) in [5.74, 6) is 3.83. The Bertz CT molecular complexity index is 677.